The Morgan fingerprint density at radius 1 is 1.42 bits per heavy atom. The Labute approximate surface area is 115 Å². The van der Waals surface area contributed by atoms with Gasteiger partial charge in [0.15, 0.2) is 0 Å². The lowest BCUT2D eigenvalue weighted by atomic mass is 10.1. The maximum absolute atomic E-state index is 12.1. The average molecular weight is 259 g/mol. The largest absolute Gasteiger partial charge is 0.351 e. The van der Waals surface area contributed by atoms with Crippen LogP contribution in [-0.2, 0) is 0 Å². The highest BCUT2D eigenvalue weighted by Crippen LogP contribution is 2.06. The van der Waals surface area contributed by atoms with E-state index < -0.39 is 0 Å². The van der Waals surface area contributed by atoms with Crippen molar-refractivity contribution in [1.29, 1.82) is 0 Å². The zero-order valence-corrected chi connectivity index (χ0v) is 11.6. The summed E-state index contributed by atoms with van der Waals surface area (Å²) in [6.45, 7) is 4.80. The topological polar surface area (TPSA) is 58.4 Å². The molecule has 0 aromatic heterocycles. The van der Waals surface area contributed by atoms with Crippen molar-refractivity contribution in [2.75, 3.05) is 33.2 Å². The van der Waals surface area contributed by atoms with E-state index in [1.54, 1.807) is 6.07 Å². The van der Waals surface area contributed by atoms with Gasteiger partial charge in [0.1, 0.15) is 0 Å². The lowest BCUT2D eigenvalue weighted by molar-refractivity contribution is 0.0950. The minimum atomic E-state index is -0.0913. The number of amides is 1. The molecule has 4 nitrogen and oxygen atoms in total. The van der Waals surface area contributed by atoms with Crippen molar-refractivity contribution in [2.24, 2.45) is 5.73 Å². The molecule has 0 unspecified atom stereocenters. The van der Waals surface area contributed by atoms with Crippen molar-refractivity contribution in [1.82, 2.24) is 10.2 Å². The van der Waals surface area contributed by atoms with E-state index in [1.165, 1.54) is 0 Å². The molecule has 1 aromatic rings. The summed E-state index contributed by atoms with van der Waals surface area (Å²) >= 11 is 0. The van der Waals surface area contributed by atoms with Crippen LogP contribution in [0.25, 0.3) is 0 Å². The van der Waals surface area contributed by atoms with E-state index in [-0.39, 0.29) is 12.5 Å². The summed E-state index contributed by atoms with van der Waals surface area (Å²) in [4.78, 5) is 14.2. The second-order valence-electron chi connectivity index (χ2n) is 4.20. The van der Waals surface area contributed by atoms with Gasteiger partial charge in [-0.1, -0.05) is 30.9 Å². The molecule has 0 saturated carbocycles. The molecule has 0 radical (unpaired) electrons. The quantitative estimate of drug-likeness (QED) is 0.765. The monoisotopic (exact) mass is 259 g/mol. The van der Waals surface area contributed by atoms with Crippen molar-refractivity contribution in [3.05, 3.63) is 35.4 Å². The molecular weight excluding hydrogens is 238 g/mol. The van der Waals surface area contributed by atoms with Crippen LogP contribution in [0, 0.1) is 11.8 Å². The SMILES string of the molecule is CCN(C)CCNC(=O)c1ccccc1C#CCN. The molecule has 3 N–H and O–H groups in total. The van der Waals surface area contributed by atoms with E-state index in [4.69, 9.17) is 5.73 Å². The van der Waals surface area contributed by atoms with Gasteiger partial charge in [-0.15, -0.1) is 0 Å². The van der Waals surface area contributed by atoms with Crippen molar-refractivity contribution in [3.63, 3.8) is 0 Å². The number of benzene rings is 1. The van der Waals surface area contributed by atoms with Crippen LogP contribution >= 0.6 is 0 Å². The normalized spacial score (nSPS) is 9.89. The Morgan fingerprint density at radius 3 is 2.84 bits per heavy atom. The minimum absolute atomic E-state index is 0.0913. The summed E-state index contributed by atoms with van der Waals surface area (Å²) in [5.41, 5.74) is 6.67. The molecule has 0 saturated heterocycles. The number of carbonyl (C=O) groups excluding carboxylic acids is 1. The van der Waals surface area contributed by atoms with E-state index >= 15 is 0 Å². The molecular formula is C15H21N3O. The molecule has 19 heavy (non-hydrogen) atoms. The number of nitrogens with zero attached hydrogens (tertiary/aromatic N) is 1. The zero-order valence-electron chi connectivity index (χ0n) is 11.6. The first kappa shape index (κ1) is 15.2. The van der Waals surface area contributed by atoms with Gasteiger partial charge < -0.3 is 16.0 Å². The first-order valence-corrected chi connectivity index (χ1v) is 6.43. The van der Waals surface area contributed by atoms with Gasteiger partial charge in [0.2, 0.25) is 0 Å². The van der Waals surface area contributed by atoms with Crippen LogP contribution < -0.4 is 11.1 Å². The highest BCUT2D eigenvalue weighted by Gasteiger charge is 2.08. The molecule has 102 valence electrons. The van der Waals surface area contributed by atoms with Crippen molar-refractivity contribution >= 4 is 5.91 Å². The van der Waals surface area contributed by atoms with E-state index in [0.29, 0.717) is 17.7 Å². The van der Waals surface area contributed by atoms with Crippen molar-refractivity contribution < 1.29 is 4.79 Å². The number of hydrogen-bond acceptors (Lipinski definition) is 3. The van der Waals surface area contributed by atoms with E-state index in [0.717, 1.165) is 13.1 Å². The first-order chi connectivity index (χ1) is 9.19. The zero-order chi connectivity index (χ0) is 14.1. The van der Waals surface area contributed by atoms with Gasteiger partial charge in [-0.05, 0) is 25.7 Å². The maximum atomic E-state index is 12.1. The molecule has 0 aliphatic rings. The average Bonchev–Trinajstić information content (AvgIpc) is 2.45. The van der Waals surface area contributed by atoms with Gasteiger partial charge >= 0.3 is 0 Å². The van der Waals surface area contributed by atoms with E-state index in [9.17, 15) is 4.79 Å². The maximum Gasteiger partial charge on any atom is 0.252 e. The standard InChI is InChI=1S/C15H21N3O/c1-3-18(2)12-11-17-15(19)14-9-5-4-7-13(14)8-6-10-16/h4-5,7,9H,3,10-12,16H2,1-2H3,(H,17,19). The number of likely N-dealkylation sites (N-methyl/N-ethyl adjacent to an activating group) is 1. The predicted octanol–water partition coefficient (Wildman–Crippen LogP) is 0.678. The summed E-state index contributed by atoms with van der Waals surface area (Å²) in [6.07, 6.45) is 0. The van der Waals surface area contributed by atoms with Crippen LogP contribution in [-0.4, -0.2) is 44.0 Å². The van der Waals surface area contributed by atoms with Crippen LogP contribution in [0.15, 0.2) is 24.3 Å². The molecule has 0 bridgehead atoms. The van der Waals surface area contributed by atoms with Crippen molar-refractivity contribution in [2.45, 2.75) is 6.92 Å². The van der Waals surface area contributed by atoms with Gasteiger partial charge in [0, 0.05) is 18.7 Å². The van der Waals surface area contributed by atoms with Gasteiger partial charge in [-0.2, -0.15) is 0 Å². The summed E-state index contributed by atoms with van der Waals surface area (Å²) < 4.78 is 0. The fourth-order valence-electron chi connectivity index (χ4n) is 1.55. The highest BCUT2D eigenvalue weighted by atomic mass is 16.1. The smallest absolute Gasteiger partial charge is 0.252 e. The Bertz CT molecular complexity index is 474. The molecule has 4 heteroatoms. The molecule has 1 aromatic carbocycles. The summed E-state index contributed by atoms with van der Waals surface area (Å²) in [6, 6.07) is 7.30. The lowest BCUT2D eigenvalue weighted by Crippen LogP contribution is -2.33. The van der Waals surface area contributed by atoms with Gasteiger partial charge in [0.05, 0.1) is 12.1 Å². The van der Waals surface area contributed by atoms with Crippen LogP contribution in [0.3, 0.4) is 0 Å². The number of rotatable bonds is 5. The van der Waals surface area contributed by atoms with Gasteiger partial charge in [-0.25, -0.2) is 0 Å². The molecule has 0 aliphatic heterocycles. The Morgan fingerprint density at radius 2 is 2.16 bits per heavy atom. The van der Waals surface area contributed by atoms with E-state index in [1.807, 2.05) is 25.2 Å². The Kier molecular flexibility index (Phi) is 6.65. The lowest BCUT2D eigenvalue weighted by Gasteiger charge is -2.14. The first-order valence-electron chi connectivity index (χ1n) is 6.43. The number of nitrogens with two attached hydrogens (primary N) is 1. The third kappa shape index (κ3) is 5.12. The molecule has 0 atom stereocenters. The third-order valence-corrected chi connectivity index (χ3v) is 2.82. The minimum Gasteiger partial charge on any atom is -0.351 e. The number of hydrogen-bond donors (Lipinski definition) is 2. The molecule has 0 heterocycles. The molecule has 1 rings (SSSR count). The highest BCUT2D eigenvalue weighted by molar-refractivity contribution is 5.96. The predicted molar refractivity (Wildman–Crippen MR) is 77.9 cm³/mol. The number of carbonyl (C=O) groups is 1. The van der Waals surface area contributed by atoms with Crippen LogP contribution in [0.2, 0.25) is 0 Å². The van der Waals surface area contributed by atoms with E-state index in [2.05, 4.69) is 29.0 Å². The molecule has 0 spiro atoms. The molecule has 1 amide bonds. The van der Waals surface area contributed by atoms with Crippen molar-refractivity contribution in [3.8, 4) is 11.8 Å². The van der Waals surface area contributed by atoms with Crippen LogP contribution in [0.1, 0.15) is 22.8 Å². The van der Waals surface area contributed by atoms with Crippen LogP contribution in [0.4, 0.5) is 0 Å². The third-order valence-electron chi connectivity index (χ3n) is 2.82. The fraction of sp³-hybridized carbons (Fsp3) is 0.400. The molecule has 0 fully saturated rings. The summed E-state index contributed by atoms with van der Waals surface area (Å²) in [5, 5.41) is 2.90. The van der Waals surface area contributed by atoms with Crippen LogP contribution in [0.5, 0.6) is 0 Å². The summed E-state index contributed by atoms with van der Waals surface area (Å²) in [5.74, 6) is 5.60. The second kappa shape index (κ2) is 8.30. The number of nitrogens with one attached hydrogen (secondary N) is 1. The summed E-state index contributed by atoms with van der Waals surface area (Å²) in [7, 11) is 2.02. The second-order valence-corrected chi connectivity index (χ2v) is 4.20. The van der Waals surface area contributed by atoms with Gasteiger partial charge in [-0.3, -0.25) is 4.79 Å². The molecule has 0 aliphatic carbocycles. The Hall–Kier alpha value is -1.83. The Balaban J connectivity index is 2.66. The fourth-order valence-corrected chi connectivity index (χ4v) is 1.55. The van der Waals surface area contributed by atoms with Gasteiger partial charge in [0.25, 0.3) is 5.91 Å².